The summed E-state index contributed by atoms with van der Waals surface area (Å²) >= 11 is 11.8. The second-order valence-corrected chi connectivity index (χ2v) is 6.40. The Labute approximate surface area is 158 Å². The summed E-state index contributed by atoms with van der Waals surface area (Å²) in [5.74, 6) is -2.58. The van der Waals surface area contributed by atoms with Crippen LogP contribution in [0.1, 0.15) is 18.1 Å². The molecule has 1 saturated heterocycles. The fourth-order valence-corrected chi connectivity index (χ4v) is 3.29. The van der Waals surface area contributed by atoms with Gasteiger partial charge in [0.2, 0.25) is 0 Å². The third kappa shape index (κ3) is 3.61. The van der Waals surface area contributed by atoms with Crippen molar-refractivity contribution >= 4 is 35.1 Å². The van der Waals surface area contributed by atoms with Gasteiger partial charge in [0.15, 0.2) is 5.75 Å². The molecule has 0 spiro atoms. The lowest BCUT2D eigenvalue weighted by Gasteiger charge is -2.19. The molecule has 0 unspecified atom stereocenters. The minimum atomic E-state index is -0.920. The minimum Gasteiger partial charge on any atom is -0.496 e. The molecule has 0 amide bonds. The van der Waals surface area contributed by atoms with Crippen LogP contribution in [0, 0.1) is 11.7 Å². The summed E-state index contributed by atoms with van der Waals surface area (Å²) in [4.78, 5) is 24.4. The Morgan fingerprint density at radius 1 is 1.23 bits per heavy atom. The van der Waals surface area contributed by atoms with E-state index in [1.54, 1.807) is 24.3 Å². The lowest BCUT2D eigenvalue weighted by Crippen LogP contribution is -2.24. The molecule has 5 nitrogen and oxygen atoms in total. The van der Waals surface area contributed by atoms with Gasteiger partial charge in [-0.3, -0.25) is 9.59 Å². The van der Waals surface area contributed by atoms with Gasteiger partial charge in [0.05, 0.1) is 23.6 Å². The Morgan fingerprint density at radius 3 is 2.54 bits per heavy atom. The molecule has 0 N–H and O–H groups in total. The number of benzene rings is 2. The van der Waals surface area contributed by atoms with Crippen molar-refractivity contribution in [2.24, 2.45) is 5.92 Å². The zero-order chi connectivity index (χ0) is 18.8. The summed E-state index contributed by atoms with van der Waals surface area (Å²) in [5.41, 5.74) is 0.541. The zero-order valence-electron chi connectivity index (χ0n) is 13.5. The van der Waals surface area contributed by atoms with E-state index in [-0.39, 0.29) is 22.2 Å². The molecule has 0 bridgehead atoms. The molecule has 0 radical (unpaired) electrons. The van der Waals surface area contributed by atoms with E-state index in [9.17, 15) is 14.0 Å². The van der Waals surface area contributed by atoms with Crippen LogP contribution in [0.25, 0.3) is 0 Å². The van der Waals surface area contributed by atoms with Crippen molar-refractivity contribution in [3.8, 4) is 11.5 Å². The molecule has 1 heterocycles. The van der Waals surface area contributed by atoms with Crippen LogP contribution in [-0.2, 0) is 14.3 Å². The predicted molar refractivity (Wildman–Crippen MR) is 92.0 cm³/mol. The Hall–Kier alpha value is -2.31. The van der Waals surface area contributed by atoms with Crippen LogP contribution in [0.5, 0.6) is 11.5 Å². The van der Waals surface area contributed by atoms with E-state index < -0.39 is 29.8 Å². The van der Waals surface area contributed by atoms with Gasteiger partial charge in [0.1, 0.15) is 23.6 Å². The van der Waals surface area contributed by atoms with Gasteiger partial charge in [-0.15, -0.1) is 0 Å². The van der Waals surface area contributed by atoms with Crippen molar-refractivity contribution in [1.29, 1.82) is 0 Å². The van der Waals surface area contributed by atoms with Crippen molar-refractivity contribution in [2.75, 3.05) is 7.11 Å². The monoisotopic (exact) mass is 398 g/mol. The van der Waals surface area contributed by atoms with E-state index in [0.29, 0.717) is 11.3 Å². The third-order valence-electron chi connectivity index (χ3n) is 3.92. The topological polar surface area (TPSA) is 61.8 Å². The first-order valence-electron chi connectivity index (χ1n) is 7.59. The average Bonchev–Trinajstić information content (AvgIpc) is 2.99. The van der Waals surface area contributed by atoms with Gasteiger partial charge in [-0.1, -0.05) is 41.4 Å². The molecule has 8 heteroatoms. The van der Waals surface area contributed by atoms with Crippen molar-refractivity contribution in [3.63, 3.8) is 0 Å². The first-order chi connectivity index (χ1) is 12.4. The van der Waals surface area contributed by atoms with Crippen LogP contribution in [-0.4, -0.2) is 19.0 Å². The smallest absolute Gasteiger partial charge is 0.319 e. The van der Waals surface area contributed by atoms with Gasteiger partial charge in [0.25, 0.3) is 0 Å². The largest absolute Gasteiger partial charge is 0.496 e. The first kappa shape index (κ1) is 18.5. The lowest BCUT2D eigenvalue weighted by atomic mass is 9.94. The summed E-state index contributed by atoms with van der Waals surface area (Å²) in [6.45, 7) is 0. The highest BCUT2D eigenvalue weighted by Gasteiger charge is 2.43. The van der Waals surface area contributed by atoms with Crippen molar-refractivity contribution in [2.45, 2.75) is 12.5 Å². The Kier molecular flexibility index (Phi) is 5.34. The highest BCUT2D eigenvalue weighted by Crippen LogP contribution is 2.41. The quantitative estimate of drug-likeness (QED) is 0.565. The molecular weight excluding hydrogens is 386 g/mol. The summed E-state index contributed by atoms with van der Waals surface area (Å²) in [6, 6.07) is 8.83. The molecule has 1 aliphatic rings. The maximum absolute atomic E-state index is 13.3. The number of halogens is 3. The van der Waals surface area contributed by atoms with Crippen LogP contribution in [0.3, 0.4) is 0 Å². The molecule has 0 saturated carbocycles. The number of esters is 2. The van der Waals surface area contributed by atoms with Crippen molar-refractivity contribution < 1.29 is 28.2 Å². The molecule has 2 aromatic carbocycles. The minimum absolute atomic E-state index is 0.151. The lowest BCUT2D eigenvalue weighted by molar-refractivity contribution is -0.143. The van der Waals surface area contributed by atoms with E-state index in [1.165, 1.54) is 7.11 Å². The third-order valence-corrected chi connectivity index (χ3v) is 4.49. The van der Waals surface area contributed by atoms with Crippen LogP contribution < -0.4 is 9.47 Å². The van der Waals surface area contributed by atoms with E-state index in [0.717, 1.165) is 12.1 Å². The number of ether oxygens (including phenoxy) is 3. The average molecular weight is 399 g/mol. The number of rotatable bonds is 4. The molecule has 136 valence electrons. The number of para-hydroxylation sites is 1. The normalized spacial score (nSPS) is 19.2. The Morgan fingerprint density at radius 2 is 1.88 bits per heavy atom. The Bertz CT molecular complexity index is 847. The molecule has 0 aliphatic carbocycles. The summed E-state index contributed by atoms with van der Waals surface area (Å²) in [6.07, 6.45) is -1.04. The summed E-state index contributed by atoms with van der Waals surface area (Å²) in [7, 11) is 1.47. The van der Waals surface area contributed by atoms with Gasteiger partial charge < -0.3 is 14.2 Å². The number of carbonyl (C=O) groups excluding carboxylic acids is 2. The fourth-order valence-electron chi connectivity index (χ4n) is 2.75. The van der Waals surface area contributed by atoms with Gasteiger partial charge in [-0.2, -0.15) is 0 Å². The Balaban J connectivity index is 1.89. The van der Waals surface area contributed by atoms with E-state index in [1.807, 2.05) is 0 Å². The number of hydrogen-bond acceptors (Lipinski definition) is 5. The summed E-state index contributed by atoms with van der Waals surface area (Å²) in [5, 5.41) is -0.301. The molecule has 2 atom stereocenters. The standard InChI is InChI=1S/C18H13Cl2FO5/c1-24-14-5-3-2-4-10(14)16-11(8-15(22)25-16)18(23)26-17-12(19)6-9(21)7-13(17)20/h2-7,11,16H,8H2,1H3/t11-,16+/m1/s1. The second-order valence-electron chi connectivity index (χ2n) is 5.58. The van der Waals surface area contributed by atoms with Gasteiger partial charge in [-0.05, 0) is 18.2 Å². The maximum atomic E-state index is 13.3. The highest BCUT2D eigenvalue weighted by atomic mass is 35.5. The maximum Gasteiger partial charge on any atom is 0.319 e. The number of cyclic esters (lactones) is 1. The predicted octanol–water partition coefficient (Wildman–Crippen LogP) is 4.35. The molecule has 1 aliphatic heterocycles. The first-order valence-corrected chi connectivity index (χ1v) is 8.35. The van der Waals surface area contributed by atoms with E-state index >= 15 is 0 Å². The van der Waals surface area contributed by atoms with Crippen molar-refractivity contribution in [3.05, 3.63) is 57.8 Å². The SMILES string of the molecule is COc1ccccc1[C@@H]1OC(=O)C[C@H]1C(=O)Oc1c(Cl)cc(F)cc1Cl. The molecule has 3 rings (SSSR count). The molecule has 26 heavy (non-hydrogen) atoms. The van der Waals surface area contributed by atoms with E-state index in [2.05, 4.69) is 0 Å². The highest BCUT2D eigenvalue weighted by molar-refractivity contribution is 6.37. The second kappa shape index (κ2) is 7.51. The van der Waals surface area contributed by atoms with Crippen LogP contribution in [0.15, 0.2) is 36.4 Å². The van der Waals surface area contributed by atoms with Crippen molar-refractivity contribution in [1.82, 2.24) is 0 Å². The molecule has 1 fully saturated rings. The van der Waals surface area contributed by atoms with Crippen LogP contribution >= 0.6 is 23.2 Å². The number of methoxy groups -OCH3 is 1. The fraction of sp³-hybridized carbons (Fsp3) is 0.222. The van der Waals surface area contributed by atoms with Crippen LogP contribution in [0.2, 0.25) is 10.0 Å². The van der Waals surface area contributed by atoms with E-state index in [4.69, 9.17) is 37.4 Å². The molecule has 0 aromatic heterocycles. The molecule has 2 aromatic rings. The van der Waals surface area contributed by atoms with Gasteiger partial charge in [0, 0.05) is 5.56 Å². The summed E-state index contributed by atoms with van der Waals surface area (Å²) < 4.78 is 29.1. The molecular formula is C18H13Cl2FO5. The number of carbonyl (C=O) groups is 2. The van der Waals surface area contributed by atoms with Gasteiger partial charge in [-0.25, -0.2) is 4.39 Å². The number of hydrogen-bond donors (Lipinski definition) is 0. The van der Waals surface area contributed by atoms with Gasteiger partial charge >= 0.3 is 11.9 Å². The zero-order valence-corrected chi connectivity index (χ0v) is 15.0. The van der Waals surface area contributed by atoms with Crippen LogP contribution in [0.4, 0.5) is 4.39 Å².